The summed E-state index contributed by atoms with van der Waals surface area (Å²) in [7, 11) is 0. The van der Waals surface area contributed by atoms with Crippen LogP contribution < -0.4 is 5.32 Å². The molecule has 0 saturated heterocycles. The molecule has 0 aliphatic heterocycles. The molecule has 0 aliphatic carbocycles. The standard InChI is InChI=1S/C10H14FNS/c1-13-6-5-12-8-9-3-2-4-10(11)7-9/h2-4,7,12H,5-6,8H2,1H3. The molecule has 1 N–H and O–H groups in total. The van der Waals surface area contributed by atoms with Crippen molar-refractivity contribution in [2.75, 3.05) is 18.6 Å². The van der Waals surface area contributed by atoms with Gasteiger partial charge in [-0.2, -0.15) is 11.8 Å². The van der Waals surface area contributed by atoms with Crippen LogP contribution in [0.15, 0.2) is 24.3 Å². The summed E-state index contributed by atoms with van der Waals surface area (Å²) < 4.78 is 12.7. The summed E-state index contributed by atoms with van der Waals surface area (Å²) in [5, 5.41) is 3.24. The lowest BCUT2D eigenvalue weighted by molar-refractivity contribution is 0.622. The molecule has 0 fully saturated rings. The lowest BCUT2D eigenvalue weighted by Gasteiger charge is -2.03. The molecule has 0 heterocycles. The van der Waals surface area contributed by atoms with E-state index in [-0.39, 0.29) is 5.82 Å². The Labute approximate surface area is 82.7 Å². The molecule has 13 heavy (non-hydrogen) atoms. The maximum Gasteiger partial charge on any atom is 0.123 e. The smallest absolute Gasteiger partial charge is 0.123 e. The van der Waals surface area contributed by atoms with Gasteiger partial charge in [0.2, 0.25) is 0 Å². The van der Waals surface area contributed by atoms with E-state index < -0.39 is 0 Å². The first-order valence-corrected chi connectivity index (χ1v) is 5.66. The molecule has 1 aromatic carbocycles. The molecule has 0 amide bonds. The summed E-state index contributed by atoms with van der Waals surface area (Å²) >= 11 is 1.80. The second-order valence-electron chi connectivity index (χ2n) is 2.80. The third-order valence-corrected chi connectivity index (χ3v) is 2.31. The topological polar surface area (TPSA) is 12.0 Å². The predicted molar refractivity (Wildman–Crippen MR) is 56.5 cm³/mol. The Morgan fingerprint density at radius 2 is 2.31 bits per heavy atom. The first-order chi connectivity index (χ1) is 6.33. The van der Waals surface area contributed by atoms with E-state index in [0.717, 1.165) is 24.4 Å². The van der Waals surface area contributed by atoms with E-state index in [0.29, 0.717) is 0 Å². The van der Waals surface area contributed by atoms with Crippen molar-refractivity contribution in [1.29, 1.82) is 0 Å². The van der Waals surface area contributed by atoms with Crippen LogP contribution in [0, 0.1) is 5.82 Å². The van der Waals surface area contributed by atoms with Crippen LogP contribution in [0.4, 0.5) is 4.39 Å². The molecule has 0 atom stereocenters. The molecule has 1 aromatic rings. The zero-order chi connectivity index (χ0) is 9.52. The van der Waals surface area contributed by atoms with Crippen LogP contribution in [-0.2, 0) is 6.54 Å². The summed E-state index contributed by atoms with van der Waals surface area (Å²) in [6.07, 6.45) is 2.07. The molecule has 0 aromatic heterocycles. The number of hydrogen-bond donors (Lipinski definition) is 1. The van der Waals surface area contributed by atoms with Gasteiger partial charge in [0.05, 0.1) is 0 Å². The van der Waals surface area contributed by atoms with Crippen molar-refractivity contribution in [2.45, 2.75) is 6.54 Å². The maximum absolute atomic E-state index is 12.7. The number of benzene rings is 1. The Morgan fingerprint density at radius 1 is 1.46 bits per heavy atom. The van der Waals surface area contributed by atoms with Crippen molar-refractivity contribution in [3.8, 4) is 0 Å². The molecule has 0 radical (unpaired) electrons. The highest BCUT2D eigenvalue weighted by Crippen LogP contribution is 2.02. The van der Waals surface area contributed by atoms with E-state index in [4.69, 9.17) is 0 Å². The zero-order valence-corrected chi connectivity index (χ0v) is 8.53. The molecule has 0 unspecified atom stereocenters. The van der Waals surface area contributed by atoms with Crippen LogP contribution in [0.2, 0.25) is 0 Å². The van der Waals surface area contributed by atoms with Gasteiger partial charge in [-0.25, -0.2) is 4.39 Å². The van der Waals surface area contributed by atoms with Crippen molar-refractivity contribution in [2.24, 2.45) is 0 Å². The first kappa shape index (κ1) is 10.5. The molecule has 3 heteroatoms. The molecule has 1 nitrogen and oxygen atoms in total. The fraction of sp³-hybridized carbons (Fsp3) is 0.400. The number of hydrogen-bond acceptors (Lipinski definition) is 2. The van der Waals surface area contributed by atoms with E-state index in [9.17, 15) is 4.39 Å². The van der Waals surface area contributed by atoms with Crippen LogP contribution in [0.3, 0.4) is 0 Å². The van der Waals surface area contributed by atoms with Gasteiger partial charge in [-0.15, -0.1) is 0 Å². The molecular formula is C10H14FNS. The third kappa shape index (κ3) is 4.29. The lowest BCUT2D eigenvalue weighted by atomic mass is 10.2. The first-order valence-electron chi connectivity index (χ1n) is 4.27. The van der Waals surface area contributed by atoms with Crippen molar-refractivity contribution in [3.05, 3.63) is 35.6 Å². The van der Waals surface area contributed by atoms with E-state index in [1.807, 2.05) is 6.07 Å². The maximum atomic E-state index is 12.7. The number of halogens is 1. The summed E-state index contributed by atoms with van der Waals surface area (Å²) in [5.74, 6) is 0.930. The largest absolute Gasteiger partial charge is 0.312 e. The van der Waals surface area contributed by atoms with Gasteiger partial charge in [0, 0.05) is 18.8 Å². The summed E-state index contributed by atoms with van der Waals surface area (Å²) in [6.45, 7) is 1.72. The van der Waals surface area contributed by atoms with Gasteiger partial charge in [-0.1, -0.05) is 12.1 Å². The van der Waals surface area contributed by atoms with Gasteiger partial charge in [0.25, 0.3) is 0 Å². The summed E-state index contributed by atoms with van der Waals surface area (Å²) in [5.41, 5.74) is 1.00. The van der Waals surface area contributed by atoms with Crippen LogP contribution in [0.5, 0.6) is 0 Å². The molecule has 72 valence electrons. The second-order valence-corrected chi connectivity index (χ2v) is 3.79. The number of thioether (sulfide) groups is 1. The Morgan fingerprint density at radius 3 is 3.00 bits per heavy atom. The molecule has 0 aliphatic rings. The molecule has 0 bridgehead atoms. The predicted octanol–water partition coefficient (Wildman–Crippen LogP) is 2.28. The van der Waals surface area contributed by atoms with Crippen molar-refractivity contribution < 1.29 is 4.39 Å². The Bertz CT molecular complexity index is 252. The van der Waals surface area contributed by atoms with Crippen LogP contribution in [-0.4, -0.2) is 18.6 Å². The van der Waals surface area contributed by atoms with E-state index in [1.54, 1.807) is 23.9 Å². The molecular weight excluding hydrogens is 185 g/mol. The average molecular weight is 199 g/mol. The minimum absolute atomic E-state index is 0.163. The fourth-order valence-corrected chi connectivity index (χ4v) is 1.40. The van der Waals surface area contributed by atoms with E-state index >= 15 is 0 Å². The highest BCUT2D eigenvalue weighted by molar-refractivity contribution is 7.98. The molecule has 1 rings (SSSR count). The van der Waals surface area contributed by atoms with Crippen molar-refractivity contribution in [3.63, 3.8) is 0 Å². The van der Waals surface area contributed by atoms with Gasteiger partial charge in [0.1, 0.15) is 5.82 Å². The number of rotatable bonds is 5. The van der Waals surface area contributed by atoms with Gasteiger partial charge < -0.3 is 5.32 Å². The highest BCUT2D eigenvalue weighted by Gasteiger charge is 1.93. The van der Waals surface area contributed by atoms with Gasteiger partial charge in [0.15, 0.2) is 0 Å². The monoisotopic (exact) mass is 199 g/mol. The molecule has 0 spiro atoms. The van der Waals surface area contributed by atoms with Gasteiger partial charge >= 0.3 is 0 Å². The highest BCUT2D eigenvalue weighted by atomic mass is 32.2. The minimum Gasteiger partial charge on any atom is -0.312 e. The van der Waals surface area contributed by atoms with Crippen molar-refractivity contribution >= 4 is 11.8 Å². The van der Waals surface area contributed by atoms with Crippen LogP contribution in [0.25, 0.3) is 0 Å². The van der Waals surface area contributed by atoms with Crippen LogP contribution >= 0.6 is 11.8 Å². The minimum atomic E-state index is -0.163. The Balaban J connectivity index is 2.28. The lowest BCUT2D eigenvalue weighted by Crippen LogP contribution is -2.16. The van der Waals surface area contributed by atoms with Crippen molar-refractivity contribution in [1.82, 2.24) is 5.32 Å². The SMILES string of the molecule is CSCCNCc1cccc(F)c1. The Kier molecular flexibility index (Phi) is 4.86. The fourth-order valence-electron chi connectivity index (χ4n) is 1.05. The zero-order valence-electron chi connectivity index (χ0n) is 7.72. The van der Waals surface area contributed by atoms with Gasteiger partial charge in [-0.3, -0.25) is 0 Å². The van der Waals surface area contributed by atoms with E-state index in [2.05, 4.69) is 11.6 Å². The Hall–Kier alpha value is -0.540. The summed E-state index contributed by atoms with van der Waals surface area (Å²) in [4.78, 5) is 0. The van der Waals surface area contributed by atoms with Crippen LogP contribution in [0.1, 0.15) is 5.56 Å². The number of nitrogens with one attached hydrogen (secondary N) is 1. The quantitative estimate of drug-likeness (QED) is 0.730. The molecule has 0 saturated carbocycles. The second kappa shape index (κ2) is 6.00. The van der Waals surface area contributed by atoms with Gasteiger partial charge in [-0.05, 0) is 24.0 Å². The van der Waals surface area contributed by atoms with E-state index in [1.165, 1.54) is 6.07 Å². The third-order valence-electron chi connectivity index (χ3n) is 1.70. The summed E-state index contributed by atoms with van der Waals surface area (Å²) in [6, 6.07) is 6.69. The normalized spacial score (nSPS) is 10.3. The average Bonchev–Trinajstić information content (AvgIpc) is 2.13.